The molecule has 0 spiro atoms. The van der Waals surface area contributed by atoms with Gasteiger partial charge in [-0.2, -0.15) is 0 Å². The smallest absolute Gasteiger partial charge is 0.414 e. The fourth-order valence-electron chi connectivity index (χ4n) is 3.98. The molecule has 2 fully saturated rings. The van der Waals surface area contributed by atoms with E-state index in [0.29, 0.717) is 6.54 Å². The number of carboxylic acid groups (broad SMARTS) is 2. The fraction of sp³-hybridized carbons (Fsp3) is 0.500. The first-order valence-electron chi connectivity index (χ1n) is 11.6. The highest BCUT2D eigenvalue weighted by molar-refractivity contribution is 7.09. The molecule has 0 unspecified atom stereocenters. The van der Waals surface area contributed by atoms with Crippen LogP contribution in [0.1, 0.15) is 24.8 Å². The summed E-state index contributed by atoms with van der Waals surface area (Å²) in [5.41, 5.74) is 1.86. The van der Waals surface area contributed by atoms with E-state index >= 15 is 0 Å². The summed E-state index contributed by atoms with van der Waals surface area (Å²) in [5.74, 6) is -2.84. The van der Waals surface area contributed by atoms with E-state index in [-0.39, 0.29) is 11.7 Å². The Kier molecular flexibility index (Phi) is 9.70. The molecule has 35 heavy (non-hydrogen) atoms. The third-order valence-corrected chi connectivity index (χ3v) is 7.03. The highest BCUT2D eigenvalue weighted by atomic mass is 32.1. The van der Waals surface area contributed by atoms with Crippen LogP contribution in [0.2, 0.25) is 0 Å². The summed E-state index contributed by atoms with van der Waals surface area (Å²) in [5, 5.41) is 17.9. The number of piperazine rings is 1. The summed E-state index contributed by atoms with van der Waals surface area (Å²) >= 11 is 1.65. The largest absolute Gasteiger partial charge is 0.473 e. The lowest BCUT2D eigenvalue weighted by Crippen LogP contribution is -2.50. The van der Waals surface area contributed by atoms with Gasteiger partial charge in [0.2, 0.25) is 5.91 Å². The molecule has 1 aromatic heterocycles. The van der Waals surface area contributed by atoms with Gasteiger partial charge in [0, 0.05) is 50.2 Å². The minimum Gasteiger partial charge on any atom is -0.473 e. The average Bonchev–Trinajstić information content (AvgIpc) is 3.30. The van der Waals surface area contributed by atoms with Crippen LogP contribution in [0.5, 0.6) is 0 Å². The summed E-state index contributed by atoms with van der Waals surface area (Å²) in [6, 6.07) is 6.48. The van der Waals surface area contributed by atoms with Crippen LogP contribution in [-0.2, 0) is 20.9 Å². The molecular weight excluding hydrogens is 475 g/mol. The van der Waals surface area contributed by atoms with Crippen molar-refractivity contribution in [3.63, 3.8) is 0 Å². The first-order valence-corrected chi connectivity index (χ1v) is 12.5. The van der Waals surface area contributed by atoms with Crippen LogP contribution in [0.25, 0.3) is 11.3 Å². The van der Waals surface area contributed by atoms with Gasteiger partial charge in [-0.1, -0.05) is 6.92 Å². The molecule has 0 bridgehead atoms. The van der Waals surface area contributed by atoms with Crippen molar-refractivity contribution in [2.45, 2.75) is 26.3 Å². The second-order valence-electron chi connectivity index (χ2n) is 8.86. The minimum atomic E-state index is -1.82. The lowest BCUT2D eigenvalue weighted by Gasteiger charge is -2.36. The Morgan fingerprint density at radius 3 is 2.11 bits per heavy atom. The van der Waals surface area contributed by atoms with E-state index in [9.17, 15) is 9.18 Å². The molecule has 3 heterocycles. The predicted molar refractivity (Wildman–Crippen MR) is 129 cm³/mol. The Bertz CT molecular complexity index is 988. The Hall–Kier alpha value is -2.89. The molecule has 0 atom stereocenters. The van der Waals surface area contributed by atoms with Crippen LogP contribution in [0.15, 0.2) is 29.6 Å². The molecule has 2 aliphatic rings. The summed E-state index contributed by atoms with van der Waals surface area (Å²) in [7, 11) is 0. The maximum Gasteiger partial charge on any atom is 0.414 e. The van der Waals surface area contributed by atoms with E-state index in [1.165, 1.54) is 12.1 Å². The van der Waals surface area contributed by atoms with Crippen LogP contribution in [-0.4, -0.2) is 93.6 Å². The molecule has 9 nitrogen and oxygen atoms in total. The topological polar surface area (TPSA) is 114 Å². The quantitative estimate of drug-likeness (QED) is 0.595. The van der Waals surface area contributed by atoms with Gasteiger partial charge < -0.3 is 15.1 Å². The number of carbonyl (C=O) groups excluding carboxylic acids is 1. The SMILES string of the molecule is CC1CCN(C(=O)CN2CCN(Cc3nc(-c4ccc(F)cc4)cs3)CC2)CC1.O=C(O)C(=O)O. The highest BCUT2D eigenvalue weighted by Crippen LogP contribution is 2.23. The zero-order valence-corrected chi connectivity index (χ0v) is 20.5. The third kappa shape index (κ3) is 8.37. The average molecular weight is 507 g/mol. The van der Waals surface area contributed by atoms with Gasteiger partial charge in [0.1, 0.15) is 10.8 Å². The second-order valence-corrected chi connectivity index (χ2v) is 9.80. The number of rotatable bonds is 5. The summed E-state index contributed by atoms with van der Waals surface area (Å²) in [6.45, 7) is 9.24. The lowest BCUT2D eigenvalue weighted by atomic mass is 9.99. The normalized spacial score (nSPS) is 17.5. The molecule has 2 N–H and O–H groups in total. The first-order chi connectivity index (χ1) is 16.7. The standard InChI is InChI=1S/C22H29FN4OS.C2H2O4/c1-17-6-8-27(9-7-17)22(28)15-26-12-10-25(11-13-26)14-21-24-20(16-29-21)18-2-4-19(23)5-3-18;3-1(4)2(5)6/h2-5,16-17H,6-15H2,1H3;(H,3,4)(H,5,6). The van der Waals surface area contributed by atoms with Crippen LogP contribution >= 0.6 is 11.3 Å². The molecule has 2 aliphatic heterocycles. The molecule has 1 amide bonds. The van der Waals surface area contributed by atoms with Crippen LogP contribution in [0.3, 0.4) is 0 Å². The maximum atomic E-state index is 13.1. The van der Waals surface area contributed by atoms with Gasteiger partial charge in [0.25, 0.3) is 0 Å². The zero-order chi connectivity index (χ0) is 25.4. The number of aromatic nitrogens is 1. The molecule has 1 aromatic carbocycles. The highest BCUT2D eigenvalue weighted by Gasteiger charge is 2.24. The fourth-order valence-corrected chi connectivity index (χ4v) is 4.83. The van der Waals surface area contributed by atoms with Crippen LogP contribution in [0, 0.1) is 11.7 Å². The van der Waals surface area contributed by atoms with Gasteiger partial charge >= 0.3 is 11.9 Å². The number of piperidine rings is 1. The molecule has 190 valence electrons. The number of halogens is 1. The van der Waals surface area contributed by atoms with E-state index in [2.05, 4.69) is 16.7 Å². The van der Waals surface area contributed by atoms with Crippen LogP contribution < -0.4 is 0 Å². The number of likely N-dealkylation sites (tertiary alicyclic amines) is 1. The number of amides is 1. The van der Waals surface area contributed by atoms with Crippen molar-refractivity contribution in [3.8, 4) is 11.3 Å². The van der Waals surface area contributed by atoms with Gasteiger partial charge in [0.05, 0.1) is 18.8 Å². The Morgan fingerprint density at radius 2 is 1.54 bits per heavy atom. The number of thiazole rings is 1. The maximum absolute atomic E-state index is 13.1. The van der Waals surface area contributed by atoms with Crippen molar-refractivity contribution >= 4 is 29.2 Å². The van der Waals surface area contributed by atoms with E-state index in [1.807, 2.05) is 10.3 Å². The number of carbonyl (C=O) groups is 3. The molecule has 0 saturated carbocycles. The van der Waals surface area contributed by atoms with E-state index in [0.717, 1.165) is 80.8 Å². The molecule has 4 rings (SSSR count). The second kappa shape index (κ2) is 12.7. The monoisotopic (exact) mass is 506 g/mol. The molecule has 11 heteroatoms. The van der Waals surface area contributed by atoms with Crippen molar-refractivity contribution in [3.05, 3.63) is 40.5 Å². The lowest BCUT2D eigenvalue weighted by molar-refractivity contribution is -0.159. The number of nitrogens with zero attached hydrogens (tertiary/aromatic N) is 4. The van der Waals surface area contributed by atoms with Crippen molar-refractivity contribution in [1.82, 2.24) is 19.7 Å². The first kappa shape index (κ1) is 26.7. The number of carboxylic acids is 2. The number of hydrogen-bond donors (Lipinski definition) is 2. The van der Waals surface area contributed by atoms with Crippen LogP contribution in [0.4, 0.5) is 4.39 Å². The van der Waals surface area contributed by atoms with E-state index < -0.39 is 11.9 Å². The number of hydrogen-bond acceptors (Lipinski definition) is 7. The summed E-state index contributed by atoms with van der Waals surface area (Å²) in [4.78, 5) is 42.2. The predicted octanol–water partition coefficient (Wildman–Crippen LogP) is 2.48. The Balaban J connectivity index is 0.000000509. The summed E-state index contributed by atoms with van der Waals surface area (Å²) < 4.78 is 13.1. The van der Waals surface area contributed by atoms with Crippen molar-refractivity contribution in [2.75, 3.05) is 45.8 Å². The van der Waals surface area contributed by atoms with E-state index in [1.54, 1.807) is 23.5 Å². The van der Waals surface area contributed by atoms with Crippen molar-refractivity contribution in [1.29, 1.82) is 0 Å². The number of aliphatic carboxylic acids is 2. The third-order valence-electron chi connectivity index (χ3n) is 6.19. The molecule has 0 aliphatic carbocycles. The minimum absolute atomic E-state index is 0.226. The molecular formula is C24H31FN4O5S. The molecule has 0 radical (unpaired) electrons. The Labute approximate surface area is 207 Å². The van der Waals surface area contributed by atoms with Crippen molar-refractivity contribution < 1.29 is 29.0 Å². The van der Waals surface area contributed by atoms with Gasteiger partial charge in [0.15, 0.2) is 0 Å². The van der Waals surface area contributed by atoms with Crippen molar-refractivity contribution in [2.24, 2.45) is 5.92 Å². The van der Waals surface area contributed by atoms with Gasteiger partial charge in [-0.05, 0) is 43.0 Å². The van der Waals surface area contributed by atoms with Gasteiger partial charge in [-0.15, -0.1) is 11.3 Å². The Morgan fingerprint density at radius 1 is 0.971 bits per heavy atom. The summed E-state index contributed by atoms with van der Waals surface area (Å²) in [6.07, 6.45) is 2.26. The van der Waals surface area contributed by atoms with Gasteiger partial charge in [-0.3, -0.25) is 14.6 Å². The molecule has 2 aromatic rings. The zero-order valence-electron chi connectivity index (χ0n) is 19.7. The molecule has 2 saturated heterocycles. The van der Waals surface area contributed by atoms with Gasteiger partial charge in [-0.25, -0.2) is 19.0 Å². The van der Waals surface area contributed by atoms with E-state index in [4.69, 9.17) is 24.8 Å². The number of benzene rings is 1.